The fraction of sp³-hybridized carbons (Fsp3) is 0.316. The molecule has 2 aromatic heterocycles. The van der Waals surface area contributed by atoms with E-state index in [0.29, 0.717) is 35.4 Å². The van der Waals surface area contributed by atoms with Gasteiger partial charge in [0.05, 0.1) is 29.5 Å². The number of halogens is 1. The number of anilines is 1. The lowest BCUT2D eigenvalue weighted by Gasteiger charge is -2.20. The number of carbonyl (C=O) groups is 1. The number of benzene rings is 1. The number of pyridine rings is 1. The van der Waals surface area contributed by atoms with Gasteiger partial charge >= 0.3 is 0 Å². The summed E-state index contributed by atoms with van der Waals surface area (Å²) in [7, 11) is 0. The summed E-state index contributed by atoms with van der Waals surface area (Å²) in [5.41, 5.74) is 2.17. The van der Waals surface area contributed by atoms with Crippen LogP contribution in [-0.4, -0.2) is 33.9 Å². The van der Waals surface area contributed by atoms with Gasteiger partial charge in [0.25, 0.3) is 0 Å². The van der Waals surface area contributed by atoms with Crippen molar-refractivity contribution in [1.82, 2.24) is 14.8 Å². The molecule has 0 unspecified atom stereocenters. The number of ether oxygens (including phenoxy) is 2. The number of aromatic nitrogens is 3. The van der Waals surface area contributed by atoms with Crippen molar-refractivity contribution < 1.29 is 14.3 Å². The molecule has 1 aliphatic heterocycles. The van der Waals surface area contributed by atoms with Gasteiger partial charge in [-0.1, -0.05) is 11.6 Å². The van der Waals surface area contributed by atoms with Crippen molar-refractivity contribution in [1.29, 1.82) is 0 Å². The number of hydrogen-bond donors (Lipinski definition) is 1. The standard InChI is InChI=1S/C19H19ClN4O3/c1-11(2)24-19-13(9-22-24)8-14(10-21-19)23-17(25)7-12-5-15(20)18-16(6-12)26-3-4-27-18/h5-6,8-11H,3-4,7H2,1-2H3,(H,23,25). The predicted octanol–water partition coefficient (Wildman–Crippen LogP) is 3.62. The molecule has 0 radical (unpaired) electrons. The fourth-order valence-corrected chi connectivity index (χ4v) is 3.33. The molecule has 0 spiro atoms. The Hall–Kier alpha value is -2.80. The summed E-state index contributed by atoms with van der Waals surface area (Å²) in [6, 6.07) is 5.59. The van der Waals surface area contributed by atoms with E-state index in [4.69, 9.17) is 21.1 Å². The van der Waals surface area contributed by atoms with Crippen LogP contribution in [0.5, 0.6) is 11.5 Å². The van der Waals surface area contributed by atoms with Crippen LogP contribution in [0.15, 0.2) is 30.6 Å². The fourth-order valence-electron chi connectivity index (χ4n) is 3.04. The molecular weight excluding hydrogens is 368 g/mol. The second-order valence-electron chi connectivity index (χ2n) is 6.65. The van der Waals surface area contributed by atoms with E-state index in [1.165, 1.54) is 0 Å². The van der Waals surface area contributed by atoms with Gasteiger partial charge in [-0.05, 0) is 37.6 Å². The molecule has 0 atom stereocenters. The SMILES string of the molecule is CC(C)n1ncc2cc(NC(=O)Cc3cc(Cl)c4c(c3)OCCO4)cnc21. The summed E-state index contributed by atoms with van der Waals surface area (Å²) in [6.45, 7) is 5.02. The molecule has 0 saturated heterocycles. The quantitative estimate of drug-likeness (QED) is 0.741. The first kappa shape index (κ1) is 17.6. The van der Waals surface area contributed by atoms with Gasteiger partial charge < -0.3 is 14.8 Å². The molecule has 140 valence electrons. The highest BCUT2D eigenvalue weighted by atomic mass is 35.5. The summed E-state index contributed by atoms with van der Waals surface area (Å²) < 4.78 is 12.9. The Kier molecular flexibility index (Phi) is 4.61. The molecule has 7 nitrogen and oxygen atoms in total. The molecule has 0 saturated carbocycles. The summed E-state index contributed by atoms with van der Waals surface area (Å²) >= 11 is 6.23. The molecule has 1 N–H and O–H groups in total. The number of carbonyl (C=O) groups excluding carboxylic acids is 1. The maximum absolute atomic E-state index is 12.4. The van der Waals surface area contributed by atoms with Crippen molar-refractivity contribution in [3.8, 4) is 11.5 Å². The third-order valence-electron chi connectivity index (χ3n) is 4.23. The molecule has 3 aromatic rings. The van der Waals surface area contributed by atoms with Gasteiger partial charge in [0.2, 0.25) is 5.91 Å². The third kappa shape index (κ3) is 3.55. The molecular formula is C19H19ClN4O3. The van der Waals surface area contributed by atoms with Gasteiger partial charge in [0.1, 0.15) is 13.2 Å². The van der Waals surface area contributed by atoms with Crippen molar-refractivity contribution in [3.63, 3.8) is 0 Å². The topological polar surface area (TPSA) is 78.3 Å². The highest BCUT2D eigenvalue weighted by Gasteiger charge is 2.18. The maximum Gasteiger partial charge on any atom is 0.228 e. The van der Waals surface area contributed by atoms with Crippen LogP contribution in [0.2, 0.25) is 5.02 Å². The van der Waals surface area contributed by atoms with E-state index < -0.39 is 0 Å². The van der Waals surface area contributed by atoms with Crippen molar-refractivity contribution in [3.05, 3.63) is 41.2 Å². The van der Waals surface area contributed by atoms with Crippen LogP contribution in [0.4, 0.5) is 5.69 Å². The van der Waals surface area contributed by atoms with Crippen molar-refractivity contribution >= 4 is 34.2 Å². The minimum absolute atomic E-state index is 0.166. The Morgan fingerprint density at radius 3 is 2.89 bits per heavy atom. The van der Waals surface area contributed by atoms with Crippen molar-refractivity contribution in [2.24, 2.45) is 0 Å². The van der Waals surface area contributed by atoms with E-state index in [1.807, 2.05) is 24.6 Å². The van der Waals surface area contributed by atoms with Crippen LogP contribution in [0.25, 0.3) is 11.0 Å². The van der Waals surface area contributed by atoms with Crippen LogP contribution in [0.3, 0.4) is 0 Å². The number of nitrogens with zero attached hydrogens (tertiary/aromatic N) is 3. The van der Waals surface area contributed by atoms with Gasteiger partial charge in [-0.15, -0.1) is 0 Å². The highest BCUT2D eigenvalue weighted by molar-refractivity contribution is 6.32. The molecule has 0 fully saturated rings. The molecule has 0 bridgehead atoms. The number of hydrogen-bond acceptors (Lipinski definition) is 5. The zero-order valence-corrected chi connectivity index (χ0v) is 15.8. The molecule has 0 aliphatic carbocycles. The first-order valence-electron chi connectivity index (χ1n) is 8.72. The molecule has 27 heavy (non-hydrogen) atoms. The lowest BCUT2D eigenvalue weighted by atomic mass is 10.1. The van der Waals surface area contributed by atoms with E-state index in [-0.39, 0.29) is 18.4 Å². The zero-order chi connectivity index (χ0) is 19.0. The van der Waals surface area contributed by atoms with Crippen molar-refractivity contribution in [2.45, 2.75) is 26.3 Å². The van der Waals surface area contributed by atoms with Crippen LogP contribution in [0, 0.1) is 0 Å². The lowest BCUT2D eigenvalue weighted by molar-refractivity contribution is -0.115. The summed E-state index contributed by atoms with van der Waals surface area (Å²) in [6.07, 6.45) is 3.55. The van der Waals surface area contributed by atoms with Gasteiger partial charge in [0, 0.05) is 11.4 Å². The Labute approximate surface area is 161 Å². The Morgan fingerprint density at radius 1 is 1.26 bits per heavy atom. The molecule has 3 heterocycles. The van der Waals surface area contributed by atoms with E-state index in [9.17, 15) is 4.79 Å². The minimum Gasteiger partial charge on any atom is -0.486 e. The number of rotatable bonds is 4. The van der Waals surface area contributed by atoms with Crippen LogP contribution >= 0.6 is 11.6 Å². The van der Waals surface area contributed by atoms with Gasteiger partial charge in [0.15, 0.2) is 17.1 Å². The Balaban J connectivity index is 1.49. The second kappa shape index (κ2) is 7.08. The molecule has 1 amide bonds. The van der Waals surface area contributed by atoms with E-state index in [0.717, 1.165) is 16.6 Å². The van der Waals surface area contributed by atoms with E-state index in [1.54, 1.807) is 24.5 Å². The average molecular weight is 387 g/mol. The summed E-state index contributed by atoms with van der Waals surface area (Å²) in [4.78, 5) is 16.9. The zero-order valence-electron chi connectivity index (χ0n) is 15.0. The number of nitrogens with one attached hydrogen (secondary N) is 1. The monoisotopic (exact) mass is 386 g/mol. The first-order valence-corrected chi connectivity index (χ1v) is 9.10. The van der Waals surface area contributed by atoms with Crippen LogP contribution in [-0.2, 0) is 11.2 Å². The van der Waals surface area contributed by atoms with Crippen molar-refractivity contribution in [2.75, 3.05) is 18.5 Å². The lowest BCUT2D eigenvalue weighted by Crippen LogP contribution is -2.17. The molecule has 1 aliphatic rings. The Morgan fingerprint density at radius 2 is 2.07 bits per heavy atom. The normalized spacial score (nSPS) is 13.2. The molecule has 1 aromatic carbocycles. The largest absolute Gasteiger partial charge is 0.486 e. The van der Waals surface area contributed by atoms with Gasteiger partial charge in [-0.3, -0.25) is 4.79 Å². The first-order chi connectivity index (χ1) is 13.0. The minimum atomic E-state index is -0.167. The van der Waals surface area contributed by atoms with Crippen LogP contribution < -0.4 is 14.8 Å². The van der Waals surface area contributed by atoms with Gasteiger partial charge in [-0.2, -0.15) is 5.10 Å². The molecule has 8 heteroatoms. The maximum atomic E-state index is 12.4. The highest BCUT2D eigenvalue weighted by Crippen LogP contribution is 2.38. The van der Waals surface area contributed by atoms with Crippen LogP contribution in [0.1, 0.15) is 25.5 Å². The van der Waals surface area contributed by atoms with E-state index in [2.05, 4.69) is 15.4 Å². The summed E-state index contributed by atoms with van der Waals surface area (Å²) in [5, 5.41) is 8.52. The van der Waals surface area contributed by atoms with E-state index >= 15 is 0 Å². The third-order valence-corrected chi connectivity index (χ3v) is 4.51. The molecule has 4 rings (SSSR count). The number of amides is 1. The number of fused-ring (bicyclic) bond motifs is 2. The smallest absolute Gasteiger partial charge is 0.228 e. The van der Waals surface area contributed by atoms with Gasteiger partial charge in [-0.25, -0.2) is 9.67 Å². The second-order valence-corrected chi connectivity index (χ2v) is 7.05. The predicted molar refractivity (Wildman–Crippen MR) is 103 cm³/mol. The summed E-state index contributed by atoms with van der Waals surface area (Å²) in [5.74, 6) is 0.935. The Bertz CT molecular complexity index is 1020. The average Bonchev–Trinajstić information content (AvgIpc) is 3.05.